The highest BCUT2D eigenvalue weighted by Gasteiger charge is 2.19. The van der Waals surface area contributed by atoms with Gasteiger partial charge in [0.15, 0.2) is 17.5 Å². The molecule has 28 heavy (non-hydrogen) atoms. The third kappa shape index (κ3) is 4.39. The average molecular weight is 380 g/mol. The molecule has 0 fully saturated rings. The Morgan fingerprint density at radius 3 is 2.39 bits per heavy atom. The smallest absolute Gasteiger partial charge is 0.195 e. The first-order valence-corrected chi connectivity index (χ1v) is 9.36. The third-order valence-electron chi connectivity index (χ3n) is 5.05. The van der Waals surface area contributed by atoms with E-state index >= 15 is 0 Å². The van der Waals surface area contributed by atoms with Crippen LogP contribution in [0.4, 0.5) is 0 Å². The Kier molecular flexibility index (Phi) is 6.09. The molecule has 1 heterocycles. The maximum atomic E-state index is 6.11. The lowest BCUT2D eigenvalue weighted by molar-refractivity contribution is 0.354. The summed E-state index contributed by atoms with van der Waals surface area (Å²) >= 11 is 0. The summed E-state index contributed by atoms with van der Waals surface area (Å²) in [7, 11) is 3.31. The largest absolute Gasteiger partial charge is 0.493 e. The summed E-state index contributed by atoms with van der Waals surface area (Å²) in [5, 5.41) is 3.06. The van der Waals surface area contributed by atoms with E-state index < -0.39 is 0 Å². The van der Waals surface area contributed by atoms with Gasteiger partial charge in [-0.25, -0.2) is 0 Å². The highest BCUT2D eigenvalue weighted by molar-refractivity contribution is 5.80. The van der Waals surface area contributed by atoms with Gasteiger partial charge >= 0.3 is 0 Å². The molecule has 2 aromatic rings. The zero-order valence-electron chi connectivity index (χ0n) is 16.7. The summed E-state index contributed by atoms with van der Waals surface area (Å²) in [6.45, 7) is 2.81. The van der Waals surface area contributed by atoms with Crippen molar-refractivity contribution in [3.05, 3.63) is 70.5 Å². The van der Waals surface area contributed by atoms with Gasteiger partial charge in [-0.1, -0.05) is 37.3 Å². The van der Waals surface area contributed by atoms with Gasteiger partial charge in [-0.05, 0) is 53.2 Å². The molecule has 1 atom stereocenters. The zero-order chi connectivity index (χ0) is 20.1. The summed E-state index contributed by atoms with van der Waals surface area (Å²) in [4.78, 5) is 4.16. The van der Waals surface area contributed by atoms with Crippen LogP contribution in [0.25, 0.3) is 0 Å². The average Bonchev–Trinajstić information content (AvgIpc) is 2.70. The van der Waals surface area contributed by atoms with Crippen LogP contribution in [-0.4, -0.2) is 26.7 Å². The molecule has 0 saturated heterocycles. The molecule has 6 heteroatoms. The molecule has 0 radical (unpaired) electrons. The Labute approximate surface area is 166 Å². The minimum atomic E-state index is 0.296. The lowest BCUT2D eigenvalue weighted by atomic mass is 9.87. The monoisotopic (exact) mass is 380 g/mol. The van der Waals surface area contributed by atoms with E-state index in [1.54, 1.807) is 14.2 Å². The number of nitrogens with one attached hydrogen (secondary N) is 1. The molecule has 1 aliphatic heterocycles. The van der Waals surface area contributed by atoms with E-state index in [0.717, 1.165) is 23.3 Å². The lowest BCUT2D eigenvalue weighted by Gasteiger charge is -2.22. The van der Waals surface area contributed by atoms with Crippen molar-refractivity contribution in [3.8, 4) is 11.5 Å². The molecule has 6 nitrogen and oxygen atoms in total. The summed E-state index contributed by atoms with van der Waals surface area (Å²) in [6.07, 6.45) is 1.60. The molecule has 0 bridgehead atoms. The van der Waals surface area contributed by atoms with Crippen LogP contribution in [0.1, 0.15) is 29.5 Å². The minimum Gasteiger partial charge on any atom is -0.493 e. The number of guanidine groups is 1. The maximum Gasteiger partial charge on any atom is 0.195 e. The van der Waals surface area contributed by atoms with Crippen LogP contribution in [0, 0.1) is 0 Å². The third-order valence-corrected chi connectivity index (χ3v) is 5.05. The van der Waals surface area contributed by atoms with Gasteiger partial charge < -0.3 is 26.3 Å². The number of rotatable bonds is 7. The van der Waals surface area contributed by atoms with E-state index in [4.69, 9.17) is 20.9 Å². The van der Waals surface area contributed by atoms with Gasteiger partial charge in [-0.3, -0.25) is 0 Å². The second-order valence-electron chi connectivity index (χ2n) is 7.01. The van der Waals surface area contributed by atoms with E-state index in [9.17, 15) is 0 Å². The molecule has 0 aliphatic carbocycles. The second kappa shape index (κ2) is 8.69. The van der Waals surface area contributed by atoms with E-state index in [1.165, 1.54) is 11.1 Å². The van der Waals surface area contributed by atoms with Crippen LogP contribution in [0.15, 0.2) is 58.9 Å². The summed E-state index contributed by atoms with van der Waals surface area (Å²) < 4.78 is 11.1. The SMILES string of the molecule is COc1cc(CC2=C(N)N=C(N)NC2)c(C(C)Cc2ccccc2)cc1OC. The summed E-state index contributed by atoms with van der Waals surface area (Å²) in [6, 6.07) is 14.6. The van der Waals surface area contributed by atoms with Gasteiger partial charge in [-0.15, -0.1) is 0 Å². The van der Waals surface area contributed by atoms with Gasteiger partial charge in [0.2, 0.25) is 0 Å². The summed E-state index contributed by atoms with van der Waals surface area (Å²) in [5.74, 6) is 2.56. The van der Waals surface area contributed by atoms with Crippen LogP contribution >= 0.6 is 0 Å². The number of nitrogens with two attached hydrogens (primary N) is 2. The highest BCUT2D eigenvalue weighted by atomic mass is 16.5. The van der Waals surface area contributed by atoms with Gasteiger partial charge in [0.05, 0.1) is 14.2 Å². The number of aliphatic imine (C=N–C) groups is 1. The van der Waals surface area contributed by atoms with Crippen molar-refractivity contribution in [2.75, 3.05) is 20.8 Å². The van der Waals surface area contributed by atoms with Crippen molar-refractivity contribution < 1.29 is 9.47 Å². The van der Waals surface area contributed by atoms with Crippen molar-refractivity contribution >= 4 is 5.96 Å². The first-order chi connectivity index (χ1) is 13.5. The van der Waals surface area contributed by atoms with Crippen LogP contribution in [0.2, 0.25) is 0 Å². The van der Waals surface area contributed by atoms with Crippen molar-refractivity contribution in [1.29, 1.82) is 0 Å². The fourth-order valence-electron chi connectivity index (χ4n) is 3.55. The standard InChI is InChI=1S/C22H28N4O2/c1-14(9-15-7-5-4-6-8-15)18-12-20(28-3)19(27-2)11-16(18)10-17-13-25-22(24)26-21(17)23/h4-8,11-12,14H,9-10,13,23H2,1-3H3,(H3,24,25,26). The Hall–Kier alpha value is -3.15. The topological polar surface area (TPSA) is 94.9 Å². The van der Waals surface area contributed by atoms with Crippen LogP contribution in [-0.2, 0) is 12.8 Å². The second-order valence-corrected chi connectivity index (χ2v) is 7.01. The predicted molar refractivity (Wildman–Crippen MR) is 113 cm³/mol. The maximum absolute atomic E-state index is 6.11. The summed E-state index contributed by atoms with van der Waals surface area (Å²) in [5.41, 5.74) is 16.5. The highest BCUT2D eigenvalue weighted by Crippen LogP contribution is 2.36. The van der Waals surface area contributed by atoms with Gasteiger partial charge in [0, 0.05) is 6.54 Å². The van der Waals surface area contributed by atoms with Gasteiger partial charge in [0.1, 0.15) is 5.82 Å². The first kappa shape index (κ1) is 19.6. The number of hydrogen-bond donors (Lipinski definition) is 3. The first-order valence-electron chi connectivity index (χ1n) is 9.36. The predicted octanol–water partition coefficient (Wildman–Crippen LogP) is 2.68. The molecule has 1 unspecified atom stereocenters. The molecule has 0 spiro atoms. The van der Waals surface area contributed by atoms with Crippen molar-refractivity contribution in [2.45, 2.75) is 25.7 Å². The van der Waals surface area contributed by atoms with E-state index in [1.807, 2.05) is 12.1 Å². The minimum absolute atomic E-state index is 0.296. The molecule has 2 aromatic carbocycles. The fourth-order valence-corrected chi connectivity index (χ4v) is 3.55. The quantitative estimate of drug-likeness (QED) is 0.686. The number of methoxy groups -OCH3 is 2. The molecule has 1 aliphatic rings. The molecule has 3 rings (SSSR count). The lowest BCUT2D eigenvalue weighted by Crippen LogP contribution is -2.37. The molecular weight excluding hydrogens is 352 g/mol. The van der Waals surface area contributed by atoms with Crippen LogP contribution < -0.4 is 26.3 Å². The van der Waals surface area contributed by atoms with Crippen LogP contribution in [0.5, 0.6) is 11.5 Å². The Morgan fingerprint density at radius 2 is 1.75 bits per heavy atom. The van der Waals surface area contributed by atoms with Crippen molar-refractivity contribution in [3.63, 3.8) is 0 Å². The number of nitrogens with zero attached hydrogens (tertiary/aromatic N) is 1. The Morgan fingerprint density at radius 1 is 1.07 bits per heavy atom. The van der Waals surface area contributed by atoms with E-state index in [2.05, 4.69) is 47.6 Å². The van der Waals surface area contributed by atoms with Crippen LogP contribution in [0.3, 0.4) is 0 Å². The number of ether oxygens (including phenoxy) is 2. The van der Waals surface area contributed by atoms with Gasteiger partial charge in [0.25, 0.3) is 0 Å². The molecule has 0 saturated carbocycles. The van der Waals surface area contributed by atoms with E-state index in [-0.39, 0.29) is 0 Å². The van der Waals surface area contributed by atoms with Gasteiger partial charge in [-0.2, -0.15) is 4.99 Å². The van der Waals surface area contributed by atoms with E-state index in [0.29, 0.717) is 36.4 Å². The van der Waals surface area contributed by atoms with Crippen molar-refractivity contribution in [1.82, 2.24) is 5.32 Å². The normalized spacial score (nSPS) is 14.9. The molecule has 0 amide bonds. The molecular formula is C22H28N4O2. The Bertz CT molecular complexity index is 891. The molecule has 5 N–H and O–H groups in total. The number of benzene rings is 2. The molecule has 148 valence electrons. The Balaban J connectivity index is 1.98. The molecule has 0 aromatic heterocycles. The zero-order valence-corrected chi connectivity index (χ0v) is 16.7. The van der Waals surface area contributed by atoms with Crippen molar-refractivity contribution in [2.24, 2.45) is 16.5 Å². The fraction of sp³-hybridized carbons (Fsp3) is 0.318. The number of hydrogen-bond acceptors (Lipinski definition) is 6.